The summed E-state index contributed by atoms with van der Waals surface area (Å²) in [5, 5.41) is 32.7. The van der Waals surface area contributed by atoms with E-state index in [0.717, 1.165) is 5.56 Å². The summed E-state index contributed by atoms with van der Waals surface area (Å²) >= 11 is 0. The predicted molar refractivity (Wildman–Crippen MR) is 96.5 cm³/mol. The molecule has 0 radical (unpaired) electrons. The van der Waals surface area contributed by atoms with Crippen LogP contribution in [0.1, 0.15) is 11.8 Å². The maximum Gasteiger partial charge on any atom is 0.224 e. The fraction of sp³-hybridized carbons (Fsp3) is 0.353. The molecule has 4 atom stereocenters. The topological polar surface area (TPSA) is 152 Å². The molecule has 4 rings (SSSR count). The number of hydrogen-bond donors (Lipinski definition) is 5. The van der Waals surface area contributed by atoms with E-state index < -0.39 is 31.1 Å². The molecule has 0 spiro atoms. The Morgan fingerprint density at radius 3 is 2.63 bits per heavy atom. The summed E-state index contributed by atoms with van der Waals surface area (Å²) in [5.74, 6) is 0.485. The minimum atomic E-state index is -1.24. The molecule has 0 bridgehead atoms. The third-order valence-corrected chi connectivity index (χ3v) is 4.53. The van der Waals surface area contributed by atoms with Crippen LogP contribution >= 0.6 is 0 Å². The smallest absolute Gasteiger partial charge is 0.224 e. The quantitative estimate of drug-likeness (QED) is 0.404. The lowest BCUT2D eigenvalue weighted by molar-refractivity contribution is -0.0511. The zero-order valence-electron chi connectivity index (χ0n) is 14.3. The Hall–Kier alpha value is -2.79. The van der Waals surface area contributed by atoms with Gasteiger partial charge in [-0.25, -0.2) is 4.98 Å². The van der Waals surface area contributed by atoms with Gasteiger partial charge in [0, 0.05) is 6.54 Å². The van der Waals surface area contributed by atoms with Crippen LogP contribution in [-0.2, 0) is 11.3 Å². The molecule has 1 saturated heterocycles. The van der Waals surface area contributed by atoms with Gasteiger partial charge < -0.3 is 31.1 Å². The van der Waals surface area contributed by atoms with E-state index in [-0.39, 0.29) is 5.95 Å². The molecule has 1 fully saturated rings. The van der Waals surface area contributed by atoms with Crippen molar-refractivity contribution in [3.8, 4) is 0 Å². The first-order valence-corrected chi connectivity index (χ1v) is 8.48. The number of hydrogen-bond acceptors (Lipinski definition) is 9. The highest BCUT2D eigenvalue weighted by Gasteiger charge is 2.44. The lowest BCUT2D eigenvalue weighted by atomic mass is 10.1. The maximum absolute atomic E-state index is 10.3. The second kappa shape index (κ2) is 7.08. The summed E-state index contributed by atoms with van der Waals surface area (Å²) in [7, 11) is 0. The van der Waals surface area contributed by atoms with Crippen LogP contribution in [0.2, 0.25) is 0 Å². The number of ether oxygens (including phenoxy) is 1. The molecular formula is C17H20N6O4. The number of aliphatic hydroxyl groups excluding tert-OH is 3. The van der Waals surface area contributed by atoms with Crippen LogP contribution in [-0.4, -0.2) is 59.8 Å². The molecule has 0 amide bonds. The van der Waals surface area contributed by atoms with Crippen LogP contribution in [0.15, 0.2) is 36.7 Å². The van der Waals surface area contributed by atoms with E-state index in [4.69, 9.17) is 10.5 Å². The van der Waals surface area contributed by atoms with Gasteiger partial charge in [0.25, 0.3) is 0 Å². The van der Waals surface area contributed by atoms with Crippen molar-refractivity contribution in [1.82, 2.24) is 19.5 Å². The highest BCUT2D eigenvalue weighted by molar-refractivity contribution is 5.84. The normalized spacial score (nSPS) is 25.1. The standard InChI is InChI=1S/C17H20N6O4/c18-17-21-14(19-6-9-4-2-1-3-5-9)11-15(22-17)23(8-20-11)16-13(26)12(25)10(7-24)27-16/h1-5,8,10,12-13,16,24-26H,6-7H2,(H3,18,19,21,22)/t10-,12-,13-,16-/m1/s1. The van der Waals surface area contributed by atoms with Gasteiger partial charge in [-0.15, -0.1) is 0 Å². The number of nitrogens with two attached hydrogens (primary N) is 1. The molecule has 1 aliphatic heterocycles. The summed E-state index contributed by atoms with van der Waals surface area (Å²) in [4.78, 5) is 12.7. The fourth-order valence-electron chi connectivity index (χ4n) is 3.13. The lowest BCUT2D eigenvalue weighted by Crippen LogP contribution is -2.33. The van der Waals surface area contributed by atoms with Crippen molar-refractivity contribution < 1.29 is 20.1 Å². The molecule has 3 aromatic rings. The molecule has 1 aliphatic rings. The highest BCUT2D eigenvalue weighted by atomic mass is 16.6. The third kappa shape index (κ3) is 3.19. The Morgan fingerprint density at radius 1 is 1.15 bits per heavy atom. The Labute approximate surface area is 154 Å². The van der Waals surface area contributed by atoms with Gasteiger partial charge in [-0.1, -0.05) is 30.3 Å². The highest BCUT2D eigenvalue weighted by Crippen LogP contribution is 2.32. The molecular weight excluding hydrogens is 352 g/mol. The van der Waals surface area contributed by atoms with E-state index in [1.54, 1.807) is 0 Å². The summed E-state index contributed by atoms with van der Waals surface area (Å²) in [6, 6.07) is 9.78. The molecule has 10 nitrogen and oxygen atoms in total. The number of fused-ring (bicyclic) bond motifs is 1. The van der Waals surface area contributed by atoms with Gasteiger partial charge in [0.05, 0.1) is 12.9 Å². The first-order valence-electron chi connectivity index (χ1n) is 8.48. The van der Waals surface area contributed by atoms with Gasteiger partial charge in [0.2, 0.25) is 5.95 Å². The molecule has 27 heavy (non-hydrogen) atoms. The van der Waals surface area contributed by atoms with E-state index >= 15 is 0 Å². The maximum atomic E-state index is 10.3. The number of imidazole rings is 1. The van der Waals surface area contributed by atoms with Crippen molar-refractivity contribution in [2.24, 2.45) is 0 Å². The van der Waals surface area contributed by atoms with Gasteiger partial charge in [0.1, 0.15) is 18.3 Å². The van der Waals surface area contributed by atoms with E-state index in [1.807, 2.05) is 30.3 Å². The molecule has 2 aromatic heterocycles. The van der Waals surface area contributed by atoms with Crippen molar-refractivity contribution in [3.05, 3.63) is 42.2 Å². The Bertz CT molecular complexity index is 934. The van der Waals surface area contributed by atoms with E-state index in [2.05, 4.69) is 20.3 Å². The number of aromatic nitrogens is 4. The van der Waals surface area contributed by atoms with Crippen molar-refractivity contribution >= 4 is 22.9 Å². The zero-order chi connectivity index (χ0) is 19.0. The fourth-order valence-corrected chi connectivity index (χ4v) is 3.13. The van der Waals surface area contributed by atoms with Crippen LogP contribution in [0.4, 0.5) is 11.8 Å². The second-order valence-corrected chi connectivity index (χ2v) is 6.32. The third-order valence-electron chi connectivity index (χ3n) is 4.53. The number of rotatable bonds is 5. The Morgan fingerprint density at radius 2 is 1.93 bits per heavy atom. The van der Waals surface area contributed by atoms with Crippen LogP contribution in [0.25, 0.3) is 11.2 Å². The molecule has 6 N–H and O–H groups in total. The van der Waals surface area contributed by atoms with Gasteiger partial charge in [-0.3, -0.25) is 4.57 Å². The van der Waals surface area contributed by atoms with Crippen LogP contribution in [0, 0.1) is 0 Å². The molecule has 3 heterocycles. The molecule has 0 aliphatic carbocycles. The minimum Gasteiger partial charge on any atom is -0.394 e. The lowest BCUT2D eigenvalue weighted by Gasteiger charge is -2.16. The number of nitrogens with one attached hydrogen (secondary N) is 1. The number of nitrogens with zero attached hydrogens (tertiary/aromatic N) is 4. The van der Waals surface area contributed by atoms with Crippen molar-refractivity contribution in [1.29, 1.82) is 0 Å². The van der Waals surface area contributed by atoms with Gasteiger partial charge >= 0.3 is 0 Å². The van der Waals surface area contributed by atoms with Crippen molar-refractivity contribution in [3.63, 3.8) is 0 Å². The summed E-state index contributed by atoms with van der Waals surface area (Å²) in [6.07, 6.45) is -2.85. The average molecular weight is 372 g/mol. The van der Waals surface area contributed by atoms with Gasteiger partial charge in [-0.05, 0) is 5.56 Å². The van der Waals surface area contributed by atoms with E-state index in [0.29, 0.717) is 23.5 Å². The molecule has 10 heteroatoms. The van der Waals surface area contributed by atoms with Crippen molar-refractivity contribution in [2.45, 2.75) is 31.1 Å². The molecule has 0 saturated carbocycles. The molecule has 142 valence electrons. The SMILES string of the molecule is Nc1nc(NCc2ccccc2)c2ncn([C@@H]3O[C@H](CO)[C@@H](O)[C@H]3O)c2n1. The summed E-state index contributed by atoms with van der Waals surface area (Å²) in [6.45, 7) is 0.107. The Kier molecular flexibility index (Phi) is 4.62. The zero-order valence-corrected chi connectivity index (χ0v) is 14.3. The monoisotopic (exact) mass is 372 g/mol. The van der Waals surface area contributed by atoms with Crippen LogP contribution in [0.3, 0.4) is 0 Å². The molecule has 0 unspecified atom stereocenters. The van der Waals surface area contributed by atoms with E-state index in [9.17, 15) is 15.3 Å². The first-order chi connectivity index (χ1) is 13.1. The summed E-state index contributed by atoms with van der Waals surface area (Å²) < 4.78 is 7.02. The van der Waals surface area contributed by atoms with Crippen molar-refractivity contribution in [2.75, 3.05) is 17.7 Å². The van der Waals surface area contributed by atoms with Gasteiger partial charge in [-0.2, -0.15) is 9.97 Å². The second-order valence-electron chi connectivity index (χ2n) is 6.32. The Balaban J connectivity index is 1.66. The average Bonchev–Trinajstić information content (AvgIpc) is 3.22. The number of benzene rings is 1. The first kappa shape index (κ1) is 17.6. The predicted octanol–water partition coefficient (Wildman–Crippen LogP) is -0.368. The number of anilines is 2. The van der Waals surface area contributed by atoms with Gasteiger partial charge in [0.15, 0.2) is 23.2 Å². The molecule has 1 aromatic carbocycles. The van der Waals surface area contributed by atoms with E-state index in [1.165, 1.54) is 10.9 Å². The van der Waals surface area contributed by atoms with Crippen LogP contribution in [0.5, 0.6) is 0 Å². The summed E-state index contributed by atoms with van der Waals surface area (Å²) in [5.41, 5.74) is 7.71. The minimum absolute atomic E-state index is 0.0338. The number of aliphatic hydroxyl groups is 3. The van der Waals surface area contributed by atoms with Crippen LogP contribution < -0.4 is 11.1 Å². The largest absolute Gasteiger partial charge is 0.394 e. The number of nitrogen functional groups attached to an aromatic ring is 1.